The number of aromatic nitrogens is 2. The third-order valence-corrected chi connectivity index (χ3v) is 5.73. The summed E-state index contributed by atoms with van der Waals surface area (Å²) >= 11 is 0. The molecule has 1 aromatic heterocycles. The zero-order valence-corrected chi connectivity index (χ0v) is 12.4. The molecule has 2 unspecified atom stereocenters. The molecule has 0 saturated carbocycles. The smallest absolute Gasteiger partial charge is 0.258 e. The van der Waals surface area contributed by atoms with E-state index in [0.717, 1.165) is 32.4 Å². The Morgan fingerprint density at radius 1 is 1.45 bits per heavy atom. The first-order chi connectivity index (χ1) is 9.62. The highest BCUT2D eigenvalue weighted by molar-refractivity contribution is 7.89. The molecule has 0 spiro atoms. The van der Waals surface area contributed by atoms with Crippen LogP contribution >= 0.6 is 0 Å². The second kappa shape index (κ2) is 5.44. The van der Waals surface area contributed by atoms with Gasteiger partial charge in [0.05, 0.1) is 6.20 Å². The summed E-state index contributed by atoms with van der Waals surface area (Å²) in [4.78, 5) is 2.38. The largest absolute Gasteiger partial charge is 0.316 e. The molecule has 0 amide bonds. The molecule has 2 fully saturated rings. The van der Waals surface area contributed by atoms with E-state index < -0.39 is 10.0 Å². The van der Waals surface area contributed by atoms with Gasteiger partial charge < -0.3 is 5.32 Å². The third-order valence-electron chi connectivity index (χ3n) is 4.23. The Hall–Kier alpha value is -0.960. The van der Waals surface area contributed by atoms with E-state index in [-0.39, 0.29) is 11.1 Å². The Morgan fingerprint density at radius 3 is 3.10 bits per heavy atom. The standard InChI is InChI=1S/C12H21N5O2S/c1-13-7-9-8-14-15-12(9)20(18,19)16-10-4-6-17-5-2-3-11(10)17/h8,10-11,13,16H,2-7H2,1H3,(H,14,15). The molecule has 2 saturated heterocycles. The first kappa shape index (κ1) is 14.0. The minimum Gasteiger partial charge on any atom is -0.316 e. The average Bonchev–Trinajstić information content (AvgIpc) is 3.07. The number of nitrogens with one attached hydrogen (secondary N) is 3. The van der Waals surface area contributed by atoms with Crippen LogP contribution in [-0.4, -0.2) is 55.7 Å². The number of sulfonamides is 1. The van der Waals surface area contributed by atoms with E-state index >= 15 is 0 Å². The summed E-state index contributed by atoms with van der Waals surface area (Å²) in [5.74, 6) is 0. The molecule has 3 rings (SSSR count). The van der Waals surface area contributed by atoms with Crippen molar-refractivity contribution in [2.75, 3.05) is 20.1 Å². The predicted molar refractivity (Wildman–Crippen MR) is 74.7 cm³/mol. The van der Waals surface area contributed by atoms with Gasteiger partial charge in [0, 0.05) is 30.7 Å². The monoisotopic (exact) mass is 299 g/mol. The van der Waals surface area contributed by atoms with Crippen molar-refractivity contribution in [2.45, 2.75) is 42.9 Å². The summed E-state index contributed by atoms with van der Waals surface area (Å²) in [7, 11) is -1.74. The molecule has 3 heterocycles. The van der Waals surface area contributed by atoms with E-state index in [1.165, 1.54) is 0 Å². The molecule has 2 atom stereocenters. The van der Waals surface area contributed by atoms with E-state index in [0.29, 0.717) is 18.2 Å². The van der Waals surface area contributed by atoms with Crippen LogP contribution in [0.25, 0.3) is 0 Å². The van der Waals surface area contributed by atoms with Crippen molar-refractivity contribution < 1.29 is 8.42 Å². The van der Waals surface area contributed by atoms with Crippen molar-refractivity contribution in [3.05, 3.63) is 11.8 Å². The molecule has 0 aromatic carbocycles. The second-order valence-corrected chi connectivity index (χ2v) is 7.17. The second-order valence-electron chi connectivity index (χ2n) is 5.52. The Balaban J connectivity index is 1.77. The van der Waals surface area contributed by atoms with Gasteiger partial charge in [-0.25, -0.2) is 13.1 Å². The number of hydrogen-bond donors (Lipinski definition) is 3. The van der Waals surface area contributed by atoms with Gasteiger partial charge in [0.25, 0.3) is 10.0 Å². The maximum Gasteiger partial charge on any atom is 0.258 e. The van der Waals surface area contributed by atoms with Crippen molar-refractivity contribution in [1.82, 2.24) is 25.1 Å². The van der Waals surface area contributed by atoms with Gasteiger partial charge in [-0.3, -0.25) is 10.00 Å². The van der Waals surface area contributed by atoms with Crippen molar-refractivity contribution in [2.24, 2.45) is 0 Å². The van der Waals surface area contributed by atoms with Crippen LogP contribution in [0.2, 0.25) is 0 Å². The number of nitrogens with zero attached hydrogens (tertiary/aromatic N) is 2. The maximum absolute atomic E-state index is 12.5. The number of rotatable bonds is 5. The fourth-order valence-corrected chi connectivity index (χ4v) is 4.76. The summed E-state index contributed by atoms with van der Waals surface area (Å²) in [6.07, 6.45) is 4.69. The van der Waals surface area contributed by atoms with E-state index in [1.54, 1.807) is 13.2 Å². The Labute approximate surface area is 119 Å². The maximum atomic E-state index is 12.5. The zero-order chi connectivity index (χ0) is 14.2. The molecule has 0 radical (unpaired) electrons. The average molecular weight is 299 g/mol. The predicted octanol–water partition coefficient (Wildman–Crippen LogP) is -0.356. The van der Waals surface area contributed by atoms with Gasteiger partial charge in [0.2, 0.25) is 0 Å². The van der Waals surface area contributed by atoms with Gasteiger partial charge in [-0.05, 0) is 32.9 Å². The molecule has 2 aliphatic rings. The van der Waals surface area contributed by atoms with E-state index in [2.05, 4.69) is 25.1 Å². The lowest BCUT2D eigenvalue weighted by Gasteiger charge is -2.21. The molecular weight excluding hydrogens is 278 g/mol. The van der Waals surface area contributed by atoms with Crippen LogP contribution in [0, 0.1) is 0 Å². The lowest BCUT2D eigenvalue weighted by atomic mass is 10.1. The molecular formula is C12H21N5O2S. The summed E-state index contributed by atoms with van der Waals surface area (Å²) < 4.78 is 27.9. The van der Waals surface area contributed by atoms with Crippen LogP contribution in [-0.2, 0) is 16.6 Å². The van der Waals surface area contributed by atoms with Crippen LogP contribution in [0.4, 0.5) is 0 Å². The zero-order valence-electron chi connectivity index (χ0n) is 11.6. The molecule has 20 heavy (non-hydrogen) atoms. The quantitative estimate of drug-likeness (QED) is 0.691. The minimum absolute atomic E-state index is 0.0215. The SMILES string of the molecule is CNCc1cn[nH]c1S(=O)(=O)NC1CCN2CCCC12. The molecule has 7 nitrogen and oxygen atoms in total. The van der Waals surface area contributed by atoms with Crippen LogP contribution in [0.5, 0.6) is 0 Å². The number of hydrogen-bond acceptors (Lipinski definition) is 5. The summed E-state index contributed by atoms with van der Waals surface area (Å²) in [5.41, 5.74) is 0.668. The van der Waals surface area contributed by atoms with Crippen LogP contribution in [0.3, 0.4) is 0 Å². The highest BCUT2D eigenvalue weighted by Crippen LogP contribution is 2.29. The highest BCUT2D eigenvalue weighted by Gasteiger charge is 2.39. The molecule has 2 aliphatic heterocycles. The van der Waals surface area contributed by atoms with Gasteiger partial charge in [0.1, 0.15) is 0 Å². The van der Waals surface area contributed by atoms with Crippen molar-refractivity contribution in [3.8, 4) is 0 Å². The van der Waals surface area contributed by atoms with Gasteiger partial charge >= 0.3 is 0 Å². The Morgan fingerprint density at radius 2 is 2.30 bits per heavy atom. The minimum atomic E-state index is -3.53. The lowest BCUT2D eigenvalue weighted by Crippen LogP contribution is -2.42. The number of fused-ring (bicyclic) bond motifs is 1. The molecule has 112 valence electrons. The van der Waals surface area contributed by atoms with Crippen LogP contribution < -0.4 is 10.0 Å². The number of H-pyrrole nitrogens is 1. The molecule has 0 bridgehead atoms. The molecule has 1 aromatic rings. The topological polar surface area (TPSA) is 90.1 Å². The van der Waals surface area contributed by atoms with Crippen molar-refractivity contribution >= 4 is 10.0 Å². The van der Waals surface area contributed by atoms with Gasteiger partial charge in [-0.1, -0.05) is 0 Å². The van der Waals surface area contributed by atoms with Crippen molar-refractivity contribution in [3.63, 3.8) is 0 Å². The number of aromatic amines is 1. The van der Waals surface area contributed by atoms with Crippen molar-refractivity contribution in [1.29, 1.82) is 0 Å². The summed E-state index contributed by atoms with van der Waals surface area (Å²) in [5, 5.41) is 9.60. The summed E-state index contributed by atoms with van der Waals surface area (Å²) in [6.45, 7) is 2.56. The third kappa shape index (κ3) is 2.48. The Bertz CT molecular complexity index is 570. The summed E-state index contributed by atoms with van der Waals surface area (Å²) in [6, 6.07) is 0.383. The molecule has 0 aliphatic carbocycles. The van der Waals surface area contributed by atoms with E-state index in [1.807, 2.05) is 0 Å². The Kier molecular flexibility index (Phi) is 3.80. The molecule has 3 N–H and O–H groups in total. The fraction of sp³-hybridized carbons (Fsp3) is 0.750. The normalized spacial score (nSPS) is 27.1. The first-order valence-corrected chi connectivity index (χ1v) is 8.53. The fourth-order valence-electron chi connectivity index (χ4n) is 3.33. The highest BCUT2D eigenvalue weighted by atomic mass is 32.2. The molecule has 8 heteroatoms. The lowest BCUT2D eigenvalue weighted by molar-refractivity contribution is 0.308. The van der Waals surface area contributed by atoms with Gasteiger partial charge in [-0.2, -0.15) is 5.10 Å². The van der Waals surface area contributed by atoms with Crippen LogP contribution in [0.15, 0.2) is 11.2 Å². The van der Waals surface area contributed by atoms with Crippen LogP contribution in [0.1, 0.15) is 24.8 Å². The van der Waals surface area contributed by atoms with E-state index in [9.17, 15) is 8.42 Å². The van der Waals surface area contributed by atoms with E-state index in [4.69, 9.17) is 0 Å². The first-order valence-electron chi connectivity index (χ1n) is 7.05. The van der Waals surface area contributed by atoms with Gasteiger partial charge in [0.15, 0.2) is 5.03 Å². The van der Waals surface area contributed by atoms with Gasteiger partial charge in [-0.15, -0.1) is 0 Å².